The molecule has 1 N–H and O–H groups in total. The largest absolute Gasteiger partial charge is 0.378 e. The van der Waals surface area contributed by atoms with Crippen molar-refractivity contribution >= 4 is 21.6 Å². The molecular weight excluding hydrogens is 344 g/mol. The van der Waals surface area contributed by atoms with Crippen molar-refractivity contribution < 1.29 is 0 Å². The molecule has 1 aromatic carbocycles. The molecule has 0 saturated heterocycles. The topological polar surface area (TPSA) is 58.9 Å². The fourth-order valence-corrected chi connectivity index (χ4v) is 2.41. The molecule has 1 aromatic heterocycles. The van der Waals surface area contributed by atoms with Crippen molar-refractivity contribution in [1.82, 2.24) is 25.1 Å². The van der Waals surface area contributed by atoms with Crippen molar-refractivity contribution in [2.75, 3.05) is 19.4 Å². The summed E-state index contributed by atoms with van der Waals surface area (Å²) in [5, 5.41) is 15.9. The first-order valence-corrected chi connectivity index (χ1v) is 8.01. The standard InChI is InChI=1S/C15H23BrN6/c1-15(2,3)22-19-14(18-20-22)9-17-12-7-6-11(10-21(4)5)13(16)8-12/h6-8,17H,9-10H2,1-5H3. The molecule has 0 fully saturated rings. The van der Waals surface area contributed by atoms with Crippen LogP contribution in [0, 0.1) is 0 Å². The monoisotopic (exact) mass is 366 g/mol. The van der Waals surface area contributed by atoms with Crippen LogP contribution in [0.5, 0.6) is 0 Å². The van der Waals surface area contributed by atoms with E-state index in [-0.39, 0.29) is 5.54 Å². The van der Waals surface area contributed by atoms with Gasteiger partial charge in [0.05, 0.1) is 12.1 Å². The summed E-state index contributed by atoms with van der Waals surface area (Å²) >= 11 is 3.62. The maximum atomic E-state index is 4.39. The van der Waals surface area contributed by atoms with E-state index in [0.29, 0.717) is 12.4 Å². The van der Waals surface area contributed by atoms with Crippen molar-refractivity contribution in [3.8, 4) is 0 Å². The molecule has 0 aliphatic heterocycles. The van der Waals surface area contributed by atoms with Crippen LogP contribution in [0.15, 0.2) is 22.7 Å². The van der Waals surface area contributed by atoms with Gasteiger partial charge in [-0.05, 0) is 57.8 Å². The highest BCUT2D eigenvalue weighted by Crippen LogP contribution is 2.22. The molecule has 0 bridgehead atoms. The SMILES string of the molecule is CN(C)Cc1ccc(NCc2nnn(C(C)(C)C)n2)cc1Br. The fraction of sp³-hybridized carbons (Fsp3) is 0.533. The average molecular weight is 367 g/mol. The van der Waals surface area contributed by atoms with Crippen LogP contribution in [0.25, 0.3) is 0 Å². The van der Waals surface area contributed by atoms with Crippen molar-refractivity contribution in [1.29, 1.82) is 0 Å². The smallest absolute Gasteiger partial charge is 0.193 e. The number of benzene rings is 1. The second-order valence-corrected chi connectivity index (χ2v) is 7.42. The number of halogens is 1. The number of nitrogens with one attached hydrogen (secondary N) is 1. The first-order chi connectivity index (χ1) is 10.3. The second-order valence-electron chi connectivity index (χ2n) is 6.56. The van der Waals surface area contributed by atoms with Crippen LogP contribution in [-0.4, -0.2) is 39.2 Å². The molecule has 0 atom stereocenters. The number of tetrazole rings is 1. The van der Waals surface area contributed by atoms with Gasteiger partial charge in [0, 0.05) is 16.7 Å². The lowest BCUT2D eigenvalue weighted by Gasteiger charge is -2.15. The van der Waals surface area contributed by atoms with Gasteiger partial charge in [0.1, 0.15) is 0 Å². The van der Waals surface area contributed by atoms with E-state index in [1.807, 2.05) is 20.8 Å². The summed E-state index contributed by atoms with van der Waals surface area (Å²) in [5.41, 5.74) is 2.14. The zero-order valence-corrected chi connectivity index (χ0v) is 15.3. The highest BCUT2D eigenvalue weighted by Gasteiger charge is 2.16. The van der Waals surface area contributed by atoms with Gasteiger partial charge in [-0.15, -0.1) is 10.2 Å². The second kappa shape index (κ2) is 6.75. The van der Waals surface area contributed by atoms with Crippen molar-refractivity contribution in [2.24, 2.45) is 0 Å². The minimum atomic E-state index is -0.151. The Hall–Kier alpha value is -1.47. The zero-order valence-electron chi connectivity index (χ0n) is 13.8. The molecule has 0 aliphatic rings. The van der Waals surface area contributed by atoms with E-state index in [0.717, 1.165) is 16.7 Å². The van der Waals surface area contributed by atoms with Crippen LogP contribution >= 0.6 is 15.9 Å². The van der Waals surface area contributed by atoms with Crippen molar-refractivity contribution in [3.63, 3.8) is 0 Å². The van der Waals surface area contributed by atoms with Crippen LogP contribution in [0.4, 0.5) is 5.69 Å². The normalized spacial score (nSPS) is 12.0. The molecular formula is C15H23BrN6. The minimum Gasteiger partial charge on any atom is -0.378 e. The fourth-order valence-electron chi connectivity index (χ4n) is 1.91. The van der Waals surface area contributed by atoms with E-state index in [4.69, 9.17) is 0 Å². The molecule has 0 amide bonds. The van der Waals surface area contributed by atoms with Gasteiger partial charge in [0.25, 0.3) is 0 Å². The van der Waals surface area contributed by atoms with Gasteiger partial charge < -0.3 is 10.2 Å². The molecule has 0 spiro atoms. The molecule has 6 nitrogen and oxygen atoms in total. The van der Waals surface area contributed by atoms with Gasteiger partial charge in [-0.1, -0.05) is 22.0 Å². The van der Waals surface area contributed by atoms with E-state index in [2.05, 4.69) is 73.9 Å². The number of anilines is 1. The van der Waals surface area contributed by atoms with E-state index in [1.165, 1.54) is 5.56 Å². The van der Waals surface area contributed by atoms with Crippen LogP contribution in [0.1, 0.15) is 32.2 Å². The third-order valence-corrected chi connectivity index (χ3v) is 3.78. The molecule has 22 heavy (non-hydrogen) atoms. The number of nitrogens with zero attached hydrogens (tertiary/aromatic N) is 5. The first kappa shape index (κ1) is 16.9. The van der Waals surface area contributed by atoms with Gasteiger partial charge in [0.2, 0.25) is 0 Å². The zero-order chi connectivity index (χ0) is 16.3. The maximum Gasteiger partial charge on any atom is 0.193 e. The molecule has 7 heteroatoms. The Kier molecular flexibility index (Phi) is 5.18. The summed E-state index contributed by atoms with van der Waals surface area (Å²) in [6, 6.07) is 6.26. The Morgan fingerprint density at radius 1 is 1.27 bits per heavy atom. The van der Waals surface area contributed by atoms with E-state index < -0.39 is 0 Å². The molecule has 0 saturated carbocycles. The van der Waals surface area contributed by atoms with Crippen LogP contribution in [0.3, 0.4) is 0 Å². The Morgan fingerprint density at radius 3 is 2.55 bits per heavy atom. The summed E-state index contributed by atoms with van der Waals surface area (Å²) in [7, 11) is 4.12. The number of hydrogen-bond donors (Lipinski definition) is 1. The lowest BCUT2D eigenvalue weighted by atomic mass is 10.1. The minimum absolute atomic E-state index is 0.151. The Balaban J connectivity index is 2.00. The number of hydrogen-bond acceptors (Lipinski definition) is 5. The molecule has 0 aliphatic carbocycles. The number of rotatable bonds is 5. The lowest BCUT2D eigenvalue weighted by Crippen LogP contribution is -2.24. The van der Waals surface area contributed by atoms with Gasteiger partial charge in [-0.3, -0.25) is 0 Å². The Bertz CT molecular complexity index is 629. The summed E-state index contributed by atoms with van der Waals surface area (Å²) in [6.07, 6.45) is 0. The highest BCUT2D eigenvalue weighted by atomic mass is 79.9. The first-order valence-electron chi connectivity index (χ1n) is 7.22. The molecule has 120 valence electrons. The number of aromatic nitrogens is 4. The predicted octanol–water partition coefficient (Wildman–Crippen LogP) is 2.86. The van der Waals surface area contributed by atoms with E-state index in [1.54, 1.807) is 4.80 Å². The van der Waals surface area contributed by atoms with Crippen LogP contribution in [-0.2, 0) is 18.6 Å². The van der Waals surface area contributed by atoms with Gasteiger partial charge in [-0.2, -0.15) is 4.80 Å². The molecule has 2 rings (SSSR count). The summed E-state index contributed by atoms with van der Waals surface area (Å²) < 4.78 is 1.09. The lowest BCUT2D eigenvalue weighted by molar-refractivity contribution is 0.305. The molecule has 0 unspecified atom stereocenters. The average Bonchev–Trinajstić information content (AvgIpc) is 2.87. The maximum absolute atomic E-state index is 4.39. The highest BCUT2D eigenvalue weighted by molar-refractivity contribution is 9.10. The van der Waals surface area contributed by atoms with E-state index >= 15 is 0 Å². The molecule has 1 heterocycles. The van der Waals surface area contributed by atoms with Crippen LogP contribution in [0.2, 0.25) is 0 Å². The third-order valence-electron chi connectivity index (χ3n) is 3.05. The Labute approximate surface area is 140 Å². The quantitative estimate of drug-likeness (QED) is 0.881. The van der Waals surface area contributed by atoms with Crippen molar-refractivity contribution in [3.05, 3.63) is 34.1 Å². The van der Waals surface area contributed by atoms with Gasteiger partial charge in [0.15, 0.2) is 5.82 Å². The van der Waals surface area contributed by atoms with Gasteiger partial charge in [-0.25, -0.2) is 0 Å². The Morgan fingerprint density at radius 2 is 2.00 bits per heavy atom. The van der Waals surface area contributed by atoms with Crippen molar-refractivity contribution in [2.45, 2.75) is 39.4 Å². The van der Waals surface area contributed by atoms with E-state index in [9.17, 15) is 0 Å². The molecule has 0 radical (unpaired) electrons. The summed E-state index contributed by atoms with van der Waals surface area (Å²) in [6.45, 7) is 7.60. The summed E-state index contributed by atoms with van der Waals surface area (Å²) in [4.78, 5) is 3.78. The molecule has 2 aromatic rings. The predicted molar refractivity (Wildman–Crippen MR) is 91.7 cm³/mol. The third kappa shape index (κ3) is 4.51. The van der Waals surface area contributed by atoms with Crippen LogP contribution < -0.4 is 5.32 Å². The van der Waals surface area contributed by atoms with Gasteiger partial charge >= 0.3 is 0 Å². The summed E-state index contributed by atoms with van der Waals surface area (Å²) in [5.74, 6) is 0.684.